The van der Waals surface area contributed by atoms with E-state index in [1.54, 1.807) is 14.2 Å². The first-order valence-corrected chi connectivity index (χ1v) is 5.07. The molecule has 0 aliphatic carbocycles. The standard InChI is InChI=1S/C10H14BrNO2/c1-12-6-7-4-10(14-3)8(11)5-9(7)13-2/h4-5,12H,6H2,1-3H3. The van der Waals surface area contributed by atoms with E-state index >= 15 is 0 Å². The second-order valence-electron chi connectivity index (χ2n) is 2.83. The SMILES string of the molecule is CNCc1cc(OC)c(Br)cc1OC. The minimum Gasteiger partial charge on any atom is -0.496 e. The molecule has 4 heteroatoms. The summed E-state index contributed by atoms with van der Waals surface area (Å²) in [6, 6.07) is 3.87. The molecule has 0 aromatic heterocycles. The highest BCUT2D eigenvalue weighted by molar-refractivity contribution is 9.10. The summed E-state index contributed by atoms with van der Waals surface area (Å²) < 4.78 is 11.4. The van der Waals surface area contributed by atoms with Crippen LogP contribution >= 0.6 is 15.9 Å². The van der Waals surface area contributed by atoms with Crippen LogP contribution in [0.1, 0.15) is 5.56 Å². The molecule has 0 atom stereocenters. The predicted octanol–water partition coefficient (Wildman–Crippen LogP) is 2.19. The summed E-state index contributed by atoms with van der Waals surface area (Å²) in [6.07, 6.45) is 0. The molecule has 0 aliphatic rings. The largest absolute Gasteiger partial charge is 0.496 e. The van der Waals surface area contributed by atoms with Gasteiger partial charge in [-0.25, -0.2) is 0 Å². The third kappa shape index (κ3) is 2.39. The van der Waals surface area contributed by atoms with E-state index in [1.165, 1.54) is 0 Å². The van der Waals surface area contributed by atoms with E-state index in [4.69, 9.17) is 9.47 Å². The average Bonchev–Trinajstić information content (AvgIpc) is 2.20. The quantitative estimate of drug-likeness (QED) is 0.900. The van der Waals surface area contributed by atoms with Gasteiger partial charge in [0.1, 0.15) is 11.5 Å². The number of halogens is 1. The molecular weight excluding hydrogens is 246 g/mol. The van der Waals surface area contributed by atoms with Crippen LogP contribution in [0.2, 0.25) is 0 Å². The number of hydrogen-bond acceptors (Lipinski definition) is 3. The molecule has 0 unspecified atom stereocenters. The van der Waals surface area contributed by atoms with Crippen molar-refractivity contribution in [2.75, 3.05) is 21.3 Å². The molecule has 0 amide bonds. The van der Waals surface area contributed by atoms with Crippen molar-refractivity contribution in [3.05, 3.63) is 22.2 Å². The third-order valence-corrected chi connectivity index (χ3v) is 2.54. The van der Waals surface area contributed by atoms with E-state index in [0.717, 1.165) is 28.1 Å². The van der Waals surface area contributed by atoms with Crippen molar-refractivity contribution < 1.29 is 9.47 Å². The zero-order valence-electron chi connectivity index (χ0n) is 8.56. The monoisotopic (exact) mass is 259 g/mol. The van der Waals surface area contributed by atoms with Gasteiger partial charge in [0, 0.05) is 12.1 Å². The summed E-state index contributed by atoms with van der Waals surface area (Å²) in [5, 5.41) is 3.08. The molecule has 14 heavy (non-hydrogen) atoms. The van der Waals surface area contributed by atoms with Crippen molar-refractivity contribution in [3.8, 4) is 11.5 Å². The number of ether oxygens (including phenoxy) is 2. The molecule has 1 N–H and O–H groups in total. The third-order valence-electron chi connectivity index (χ3n) is 1.92. The summed E-state index contributed by atoms with van der Waals surface area (Å²) in [5.41, 5.74) is 1.08. The molecule has 1 aromatic rings. The fourth-order valence-corrected chi connectivity index (χ4v) is 1.74. The topological polar surface area (TPSA) is 30.5 Å². The van der Waals surface area contributed by atoms with Gasteiger partial charge in [0.2, 0.25) is 0 Å². The second-order valence-corrected chi connectivity index (χ2v) is 3.68. The highest BCUT2D eigenvalue weighted by Crippen LogP contribution is 2.32. The van der Waals surface area contributed by atoms with Crippen LogP contribution in [-0.2, 0) is 6.54 Å². The lowest BCUT2D eigenvalue weighted by molar-refractivity contribution is 0.395. The summed E-state index contributed by atoms with van der Waals surface area (Å²) in [4.78, 5) is 0. The van der Waals surface area contributed by atoms with Crippen molar-refractivity contribution in [1.29, 1.82) is 0 Å². The summed E-state index contributed by atoms with van der Waals surface area (Å²) >= 11 is 3.41. The van der Waals surface area contributed by atoms with Crippen molar-refractivity contribution in [2.24, 2.45) is 0 Å². The minimum absolute atomic E-state index is 0.757. The van der Waals surface area contributed by atoms with E-state index in [2.05, 4.69) is 21.2 Å². The molecular formula is C10H14BrNO2. The van der Waals surface area contributed by atoms with Gasteiger partial charge in [-0.3, -0.25) is 0 Å². The molecule has 0 heterocycles. The van der Waals surface area contributed by atoms with Crippen LogP contribution < -0.4 is 14.8 Å². The second kappa shape index (κ2) is 5.22. The smallest absolute Gasteiger partial charge is 0.133 e. The Hall–Kier alpha value is -0.740. The minimum atomic E-state index is 0.757. The van der Waals surface area contributed by atoms with Crippen LogP contribution in [0.5, 0.6) is 11.5 Å². The van der Waals surface area contributed by atoms with Gasteiger partial charge in [0.15, 0.2) is 0 Å². The fraction of sp³-hybridized carbons (Fsp3) is 0.400. The van der Waals surface area contributed by atoms with E-state index in [-0.39, 0.29) is 0 Å². The van der Waals surface area contributed by atoms with Crippen molar-refractivity contribution in [2.45, 2.75) is 6.54 Å². The van der Waals surface area contributed by atoms with Gasteiger partial charge in [-0.2, -0.15) is 0 Å². The maximum atomic E-state index is 5.25. The Balaban J connectivity index is 3.11. The van der Waals surface area contributed by atoms with Gasteiger partial charge in [-0.15, -0.1) is 0 Å². The number of rotatable bonds is 4. The first-order chi connectivity index (χ1) is 6.72. The Morgan fingerprint density at radius 3 is 2.36 bits per heavy atom. The van der Waals surface area contributed by atoms with Crippen LogP contribution in [0.25, 0.3) is 0 Å². The fourth-order valence-electron chi connectivity index (χ4n) is 1.25. The summed E-state index contributed by atoms with van der Waals surface area (Å²) in [5.74, 6) is 1.67. The molecule has 0 saturated carbocycles. The normalized spacial score (nSPS) is 10.0. The Morgan fingerprint density at radius 2 is 1.86 bits per heavy atom. The van der Waals surface area contributed by atoms with Crippen molar-refractivity contribution in [3.63, 3.8) is 0 Å². The number of benzene rings is 1. The van der Waals surface area contributed by atoms with E-state index in [1.807, 2.05) is 19.2 Å². The molecule has 0 spiro atoms. The molecule has 0 radical (unpaired) electrons. The highest BCUT2D eigenvalue weighted by atomic mass is 79.9. The van der Waals surface area contributed by atoms with Crippen LogP contribution in [-0.4, -0.2) is 21.3 Å². The lowest BCUT2D eigenvalue weighted by atomic mass is 10.2. The van der Waals surface area contributed by atoms with Crippen LogP contribution in [0, 0.1) is 0 Å². The van der Waals surface area contributed by atoms with Crippen molar-refractivity contribution >= 4 is 15.9 Å². The zero-order valence-corrected chi connectivity index (χ0v) is 10.1. The first-order valence-electron chi connectivity index (χ1n) is 4.28. The van der Waals surface area contributed by atoms with Gasteiger partial charge < -0.3 is 14.8 Å². The Labute approximate surface area is 92.5 Å². The number of methoxy groups -OCH3 is 2. The maximum Gasteiger partial charge on any atom is 0.133 e. The average molecular weight is 260 g/mol. The van der Waals surface area contributed by atoms with Gasteiger partial charge in [0.05, 0.1) is 18.7 Å². The van der Waals surface area contributed by atoms with E-state index in [0.29, 0.717) is 0 Å². The molecule has 0 aliphatic heterocycles. The maximum absolute atomic E-state index is 5.25. The molecule has 1 rings (SSSR count). The molecule has 0 fully saturated rings. The molecule has 78 valence electrons. The Morgan fingerprint density at radius 1 is 1.21 bits per heavy atom. The summed E-state index contributed by atoms with van der Waals surface area (Å²) in [6.45, 7) is 0.757. The van der Waals surface area contributed by atoms with Gasteiger partial charge in [-0.1, -0.05) is 0 Å². The number of hydrogen-bond donors (Lipinski definition) is 1. The van der Waals surface area contributed by atoms with Gasteiger partial charge >= 0.3 is 0 Å². The van der Waals surface area contributed by atoms with Crippen LogP contribution in [0.15, 0.2) is 16.6 Å². The highest BCUT2D eigenvalue weighted by Gasteiger charge is 2.08. The predicted molar refractivity (Wildman–Crippen MR) is 60.0 cm³/mol. The van der Waals surface area contributed by atoms with E-state index < -0.39 is 0 Å². The van der Waals surface area contributed by atoms with Crippen LogP contribution in [0.4, 0.5) is 0 Å². The van der Waals surface area contributed by atoms with E-state index in [9.17, 15) is 0 Å². The van der Waals surface area contributed by atoms with Crippen molar-refractivity contribution in [1.82, 2.24) is 5.32 Å². The lowest BCUT2D eigenvalue weighted by Gasteiger charge is -2.11. The van der Waals surface area contributed by atoms with Gasteiger partial charge in [-0.05, 0) is 35.1 Å². The first kappa shape index (κ1) is 11.3. The Kier molecular flexibility index (Phi) is 4.22. The molecule has 1 aromatic carbocycles. The molecule has 0 bridgehead atoms. The van der Waals surface area contributed by atoms with Gasteiger partial charge in [0.25, 0.3) is 0 Å². The number of nitrogens with one attached hydrogen (secondary N) is 1. The Bertz CT molecular complexity index is 315. The lowest BCUT2D eigenvalue weighted by Crippen LogP contribution is -2.07. The molecule has 0 saturated heterocycles. The van der Waals surface area contributed by atoms with Crippen LogP contribution in [0.3, 0.4) is 0 Å². The zero-order chi connectivity index (χ0) is 10.6. The molecule has 3 nitrogen and oxygen atoms in total. The summed E-state index contributed by atoms with van der Waals surface area (Å²) in [7, 11) is 5.21.